The molecule has 1 saturated heterocycles. The number of hydrogen-bond acceptors (Lipinski definition) is 8. The van der Waals surface area contributed by atoms with Gasteiger partial charge in [-0.05, 0) is 87.1 Å². The summed E-state index contributed by atoms with van der Waals surface area (Å²) in [5, 5.41) is 15.2. The highest BCUT2D eigenvalue weighted by Gasteiger charge is 2.40. The highest BCUT2D eigenvalue weighted by Crippen LogP contribution is 2.23. The van der Waals surface area contributed by atoms with E-state index in [0.717, 1.165) is 5.56 Å². The minimum absolute atomic E-state index is 0.0343. The number of carbonyl (C=O) groups excluding carboxylic acids is 4. The number of carboxylic acid groups (broad SMARTS) is 1. The van der Waals surface area contributed by atoms with E-state index in [1.807, 2.05) is 44.2 Å². The quantitative estimate of drug-likeness (QED) is 0.119. The van der Waals surface area contributed by atoms with Crippen molar-refractivity contribution in [1.82, 2.24) is 15.5 Å². The van der Waals surface area contributed by atoms with Crippen molar-refractivity contribution in [3.8, 4) is 0 Å². The minimum atomic E-state index is -1.41. The summed E-state index contributed by atoms with van der Waals surface area (Å²) >= 11 is 0. The minimum Gasteiger partial charge on any atom is -0.480 e. The lowest BCUT2D eigenvalue weighted by Crippen LogP contribution is -2.59. The van der Waals surface area contributed by atoms with Gasteiger partial charge in [0.25, 0.3) is 0 Å². The predicted molar refractivity (Wildman–Crippen MR) is 188 cm³/mol. The van der Waals surface area contributed by atoms with Gasteiger partial charge < -0.3 is 37.8 Å². The number of unbranched alkanes of at least 4 members (excludes halogenated alkanes) is 1. The van der Waals surface area contributed by atoms with Gasteiger partial charge in [-0.25, -0.2) is 4.39 Å². The number of ketones is 1. The van der Waals surface area contributed by atoms with Gasteiger partial charge in [0.2, 0.25) is 17.7 Å². The first-order valence-electron chi connectivity index (χ1n) is 17.4. The first-order chi connectivity index (χ1) is 23.7. The number of Topliss-reactive ketones (excluding diaryl/α,β-unsaturated/α-hetero) is 1. The highest BCUT2D eigenvalue weighted by atomic mass is 19.1. The molecule has 0 spiro atoms. The maximum atomic E-state index is 14.0. The second kappa shape index (κ2) is 19.3. The molecule has 3 rings (SSSR count). The van der Waals surface area contributed by atoms with Crippen LogP contribution in [0.1, 0.15) is 69.9 Å². The molecule has 2 aromatic rings. The zero-order valence-corrected chi connectivity index (χ0v) is 29.1. The van der Waals surface area contributed by atoms with E-state index in [1.54, 1.807) is 12.1 Å². The van der Waals surface area contributed by atoms with E-state index in [9.17, 15) is 33.5 Å². The number of halogens is 1. The van der Waals surface area contributed by atoms with E-state index >= 15 is 0 Å². The predicted octanol–water partition coefficient (Wildman–Crippen LogP) is 2.06. The molecule has 1 heterocycles. The molecule has 1 fully saturated rings. The van der Waals surface area contributed by atoms with E-state index in [1.165, 1.54) is 17.0 Å². The van der Waals surface area contributed by atoms with Crippen LogP contribution in [0.4, 0.5) is 4.39 Å². The van der Waals surface area contributed by atoms with Crippen LogP contribution in [0, 0.1) is 17.7 Å². The number of rotatable bonds is 19. The van der Waals surface area contributed by atoms with Crippen LogP contribution in [0.2, 0.25) is 0 Å². The Bertz CT molecular complexity index is 1430. The number of amides is 3. The van der Waals surface area contributed by atoms with Crippen molar-refractivity contribution in [2.75, 3.05) is 19.6 Å². The lowest BCUT2D eigenvalue weighted by Gasteiger charge is -2.38. The van der Waals surface area contributed by atoms with Crippen molar-refractivity contribution in [3.05, 3.63) is 71.5 Å². The lowest BCUT2D eigenvalue weighted by atomic mass is 9.87. The van der Waals surface area contributed by atoms with Crippen molar-refractivity contribution >= 4 is 29.5 Å². The van der Waals surface area contributed by atoms with Crippen LogP contribution < -0.4 is 27.8 Å². The van der Waals surface area contributed by atoms with Gasteiger partial charge in [0.05, 0.1) is 12.1 Å². The zero-order valence-electron chi connectivity index (χ0n) is 29.1. The molecule has 1 aliphatic rings. The molecule has 0 aromatic heterocycles. The van der Waals surface area contributed by atoms with Crippen LogP contribution in [-0.2, 0) is 36.8 Å². The van der Waals surface area contributed by atoms with Crippen LogP contribution in [-0.4, -0.2) is 82.8 Å². The van der Waals surface area contributed by atoms with Crippen molar-refractivity contribution in [2.45, 2.75) is 95.3 Å². The van der Waals surface area contributed by atoms with E-state index < -0.39 is 53.2 Å². The highest BCUT2D eigenvalue weighted by molar-refractivity contribution is 5.95. The van der Waals surface area contributed by atoms with E-state index in [4.69, 9.17) is 17.2 Å². The van der Waals surface area contributed by atoms with Gasteiger partial charge in [-0.15, -0.1) is 0 Å². The van der Waals surface area contributed by atoms with E-state index in [-0.39, 0.29) is 62.8 Å². The Balaban J connectivity index is 1.77. The summed E-state index contributed by atoms with van der Waals surface area (Å²) in [5.41, 5.74) is 18.0. The third-order valence-electron chi connectivity index (χ3n) is 9.22. The smallest absolute Gasteiger partial charge is 0.323 e. The number of nitrogens with zero attached hydrogens (tertiary/aromatic N) is 1. The van der Waals surface area contributed by atoms with Crippen molar-refractivity contribution in [2.24, 2.45) is 29.0 Å². The molecule has 2 aromatic carbocycles. The maximum Gasteiger partial charge on any atom is 0.323 e. The molecule has 9 N–H and O–H groups in total. The fourth-order valence-electron chi connectivity index (χ4n) is 6.18. The topological polar surface area (TPSA) is 211 Å². The third kappa shape index (κ3) is 12.3. The standard InChI is InChI=1S/C37H53FN6O6/c1-24(2)20-27(33(46)42-30(10-6-7-17-39)35(48)44-18-15-37(41,16-19-44)36(49)50)23-32(45)31(22-25-8-4-3-5-9-25)43-34(47)29(40)21-26-11-13-28(38)14-12-26/h3-5,8-9,11-14,24,27,29-31H,6-7,10,15-23,39-41H2,1-2H3,(H,42,46)(H,43,47)(H,49,50)/t27-,29+,30+,31+/m0/s1. The second-order valence-electron chi connectivity index (χ2n) is 13.8. The number of benzene rings is 2. The zero-order chi connectivity index (χ0) is 36.8. The summed E-state index contributed by atoms with van der Waals surface area (Å²) in [7, 11) is 0. The summed E-state index contributed by atoms with van der Waals surface area (Å²) in [6, 6.07) is 12.0. The number of aliphatic carboxylic acids is 1. The number of carboxylic acids is 1. The molecule has 0 aliphatic carbocycles. The van der Waals surface area contributed by atoms with Gasteiger partial charge in [0.1, 0.15) is 17.4 Å². The molecule has 274 valence electrons. The van der Waals surface area contributed by atoms with Crippen molar-refractivity contribution in [3.63, 3.8) is 0 Å². The summed E-state index contributed by atoms with van der Waals surface area (Å²) in [6.45, 7) is 4.56. The normalized spacial score (nSPS) is 16.6. The summed E-state index contributed by atoms with van der Waals surface area (Å²) in [6.07, 6.45) is 2.21. The third-order valence-corrected chi connectivity index (χ3v) is 9.22. The first kappa shape index (κ1) is 40.2. The molecular formula is C37H53FN6O6. The average molecular weight is 697 g/mol. The number of nitrogens with one attached hydrogen (secondary N) is 2. The molecule has 0 bridgehead atoms. The Morgan fingerprint density at radius 1 is 0.880 bits per heavy atom. The largest absolute Gasteiger partial charge is 0.480 e. The Hall–Kier alpha value is -4.20. The SMILES string of the molecule is CC(C)C[C@@H](CC(=O)[C@@H](Cc1ccccc1)NC(=O)[C@H](N)Cc1ccc(F)cc1)C(=O)N[C@H](CCCCN)C(=O)N1CCC(N)(C(=O)O)CC1. The summed E-state index contributed by atoms with van der Waals surface area (Å²) < 4.78 is 13.4. The molecule has 13 heteroatoms. The van der Waals surface area contributed by atoms with Crippen molar-refractivity contribution < 1.29 is 33.5 Å². The van der Waals surface area contributed by atoms with Crippen LogP contribution in [0.15, 0.2) is 54.6 Å². The molecular weight excluding hydrogens is 643 g/mol. The van der Waals surface area contributed by atoms with Gasteiger partial charge in [-0.2, -0.15) is 0 Å². The monoisotopic (exact) mass is 696 g/mol. The number of hydrogen-bond donors (Lipinski definition) is 6. The van der Waals surface area contributed by atoms with E-state index in [0.29, 0.717) is 37.8 Å². The molecule has 0 unspecified atom stereocenters. The number of nitrogens with two attached hydrogens (primary N) is 3. The fourth-order valence-corrected chi connectivity index (χ4v) is 6.18. The maximum absolute atomic E-state index is 14.0. The Morgan fingerprint density at radius 2 is 1.48 bits per heavy atom. The van der Waals surface area contributed by atoms with Crippen LogP contribution in [0.25, 0.3) is 0 Å². The van der Waals surface area contributed by atoms with Crippen LogP contribution in [0.3, 0.4) is 0 Å². The molecule has 12 nitrogen and oxygen atoms in total. The average Bonchev–Trinajstić information content (AvgIpc) is 3.08. The molecule has 4 atom stereocenters. The molecule has 50 heavy (non-hydrogen) atoms. The van der Waals surface area contributed by atoms with Gasteiger partial charge in [0.15, 0.2) is 5.78 Å². The second-order valence-corrected chi connectivity index (χ2v) is 13.8. The molecule has 3 amide bonds. The van der Waals surface area contributed by atoms with Gasteiger partial charge in [-0.3, -0.25) is 24.0 Å². The Labute approximate surface area is 293 Å². The van der Waals surface area contributed by atoms with Gasteiger partial charge in [-0.1, -0.05) is 56.3 Å². The number of piperidine rings is 1. The summed E-state index contributed by atoms with van der Waals surface area (Å²) in [4.78, 5) is 67.9. The first-order valence-corrected chi connectivity index (χ1v) is 17.4. The number of carbonyl (C=O) groups is 5. The molecule has 0 saturated carbocycles. The lowest BCUT2D eigenvalue weighted by molar-refractivity contribution is -0.148. The Kier molecular flexibility index (Phi) is 15.5. The Morgan fingerprint density at radius 3 is 2.06 bits per heavy atom. The fraction of sp³-hybridized carbons (Fsp3) is 0.541. The van der Waals surface area contributed by atoms with Gasteiger partial charge in [0, 0.05) is 25.4 Å². The molecule has 1 aliphatic heterocycles. The van der Waals surface area contributed by atoms with E-state index in [2.05, 4.69) is 10.6 Å². The van der Waals surface area contributed by atoms with Crippen molar-refractivity contribution in [1.29, 1.82) is 0 Å². The van der Waals surface area contributed by atoms with Crippen LogP contribution in [0.5, 0.6) is 0 Å². The van der Waals surface area contributed by atoms with Gasteiger partial charge >= 0.3 is 5.97 Å². The van der Waals surface area contributed by atoms with Crippen LogP contribution >= 0.6 is 0 Å². The molecule has 0 radical (unpaired) electrons. The summed E-state index contributed by atoms with van der Waals surface area (Å²) in [5.74, 6) is -3.97. The number of likely N-dealkylation sites (tertiary alicyclic amines) is 1.